The van der Waals surface area contributed by atoms with Gasteiger partial charge in [-0.05, 0) is 77.0 Å². The smallest absolute Gasteiger partial charge is 0.462 e. The second kappa shape index (κ2) is 35.8. The Hall–Kier alpha value is -2.37. The first-order chi connectivity index (χ1) is 27.2. The Labute approximate surface area is 338 Å². The Kier molecular flexibility index (Phi) is 33.0. The van der Waals surface area contributed by atoms with Gasteiger partial charge in [0.2, 0.25) is 0 Å². The fourth-order valence-electron chi connectivity index (χ4n) is 5.65. The maximum Gasteiger partial charge on any atom is 0.472 e. The Balaban J connectivity index is 2.30. The predicted octanol–water partition coefficient (Wildman–Crippen LogP) is 10.1. The fourth-order valence-corrected chi connectivity index (χ4v) is 6.44. The first-order valence-corrected chi connectivity index (χ1v) is 22.9. The Morgan fingerprint density at radius 3 is 1.80 bits per heavy atom. The molecule has 0 amide bonds. The van der Waals surface area contributed by atoms with Gasteiger partial charge in [-0.15, -0.1) is 0 Å². The molecule has 0 aromatic carbocycles. The summed E-state index contributed by atoms with van der Waals surface area (Å²) in [7, 11) is -4.64. The molecule has 12 heteroatoms. The summed E-state index contributed by atoms with van der Waals surface area (Å²) in [6.45, 7) is 2.16. The van der Waals surface area contributed by atoms with Crippen LogP contribution in [-0.2, 0) is 37.4 Å². The van der Waals surface area contributed by atoms with Gasteiger partial charge in [0.05, 0.1) is 32.0 Å². The number of aliphatic hydroxyl groups excluding tert-OH is 2. The van der Waals surface area contributed by atoms with Crippen LogP contribution in [0.5, 0.6) is 0 Å². The molecule has 56 heavy (non-hydrogen) atoms. The van der Waals surface area contributed by atoms with E-state index in [0.717, 1.165) is 70.6 Å². The van der Waals surface area contributed by atoms with E-state index in [9.17, 15) is 24.2 Å². The second-order valence-electron chi connectivity index (χ2n) is 14.4. The van der Waals surface area contributed by atoms with Crippen molar-refractivity contribution in [3.05, 3.63) is 60.8 Å². The third kappa shape index (κ3) is 32.7. The number of rotatable bonds is 38. The van der Waals surface area contributed by atoms with Crippen molar-refractivity contribution in [2.75, 3.05) is 26.4 Å². The predicted molar refractivity (Wildman–Crippen MR) is 223 cm³/mol. The number of epoxide rings is 1. The van der Waals surface area contributed by atoms with Crippen LogP contribution in [0.25, 0.3) is 0 Å². The number of phosphoric ester groups is 1. The van der Waals surface area contributed by atoms with E-state index in [1.807, 2.05) is 12.2 Å². The molecule has 1 aliphatic rings. The fraction of sp³-hybridized carbons (Fsp3) is 0.727. The molecule has 11 nitrogen and oxygen atoms in total. The number of ether oxygens (including phenoxy) is 3. The van der Waals surface area contributed by atoms with Gasteiger partial charge in [0.25, 0.3) is 0 Å². The van der Waals surface area contributed by atoms with Gasteiger partial charge in [0, 0.05) is 12.8 Å². The van der Waals surface area contributed by atoms with Crippen LogP contribution in [0.1, 0.15) is 155 Å². The van der Waals surface area contributed by atoms with Crippen molar-refractivity contribution in [3.8, 4) is 0 Å². The van der Waals surface area contributed by atoms with E-state index < -0.39 is 51.8 Å². The van der Waals surface area contributed by atoms with Crippen LogP contribution in [0.15, 0.2) is 60.8 Å². The monoisotopic (exact) mass is 811 g/mol. The highest BCUT2D eigenvalue weighted by atomic mass is 31.2. The van der Waals surface area contributed by atoms with Crippen LogP contribution in [-0.4, -0.2) is 77.9 Å². The summed E-state index contributed by atoms with van der Waals surface area (Å²) >= 11 is 0. The summed E-state index contributed by atoms with van der Waals surface area (Å²) in [6.07, 6.45) is 40.9. The van der Waals surface area contributed by atoms with Gasteiger partial charge in [-0.25, -0.2) is 4.57 Å². The third-order valence-corrected chi connectivity index (χ3v) is 10.0. The van der Waals surface area contributed by atoms with Crippen LogP contribution in [0, 0.1) is 0 Å². The molecule has 3 N–H and O–H groups in total. The van der Waals surface area contributed by atoms with Crippen LogP contribution in [0.4, 0.5) is 0 Å². The van der Waals surface area contributed by atoms with E-state index in [1.54, 1.807) is 0 Å². The van der Waals surface area contributed by atoms with Crippen molar-refractivity contribution in [1.29, 1.82) is 0 Å². The van der Waals surface area contributed by atoms with Crippen molar-refractivity contribution >= 4 is 19.8 Å². The number of hydrogen-bond donors (Lipinski definition) is 3. The summed E-state index contributed by atoms with van der Waals surface area (Å²) in [5.41, 5.74) is 0. The second-order valence-corrected chi connectivity index (χ2v) is 15.8. The van der Waals surface area contributed by atoms with E-state index >= 15 is 0 Å². The molecule has 0 saturated carbocycles. The molecule has 0 aromatic heterocycles. The lowest BCUT2D eigenvalue weighted by molar-refractivity contribution is -0.161. The minimum atomic E-state index is -4.64. The number of hydrogen-bond acceptors (Lipinski definition) is 10. The number of phosphoric acid groups is 1. The molecular weight excluding hydrogens is 735 g/mol. The average molecular weight is 811 g/mol. The van der Waals surface area contributed by atoms with Crippen LogP contribution in [0.2, 0.25) is 0 Å². The van der Waals surface area contributed by atoms with E-state index in [0.29, 0.717) is 31.5 Å². The van der Waals surface area contributed by atoms with Gasteiger partial charge in [-0.2, -0.15) is 0 Å². The third-order valence-electron chi connectivity index (χ3n) is 9.06. The molecule has 1 heterocycles. The molecule has 322 valence electrons. The minimum absolute atomic E-state index is 0.0980. The van der Waals surface area contributed by atoms with Gasteiger partial charge in [0.1, 0.15) is 12.7 Å². The molecule has 1 rings (SSSR count). The van der Waals surface area contributed by atoms with Gasteiger partial charge >= 0.3 is 19.8 Å². The zero-order valence-corrected chi connectivity index (χ0v) is 35.4. The highest BCUT2D eigenvalue weighted by Gasteiger charge is 2.36. The zero-order chi connectivity index (χ0) is 41.0. The summed E-state index contributed by atoms with van der Waals surface area (Å²) in [5, 5.41) is 18.3. The normalized spacial score (nSPS) is 18.1. The van der Waals surface area contributed by atoms with Crippen molar-refractivity contribution < 1.29 is 52.5 Å². The Bertz CT molecular complexity index is 1180. The van der Waals surface area contributed by atoms with Crippen LogP contribution in [0.3, 0.4) is 0 Å². The number of esters is 2. The molecule has 0 radical (unpaired) electrons. The highest BCUT2D eigenvalue weighted by Crippen LogP contribution is 2.43. The summed E-state index contributed by atoms with van der Waals surface area (Å²) in [6, 6.07) is 0. The summed E-state index contributed by atoms with van der Waals surface area (Å²) in [4.78, 5) is 35.0. The van der Waals surface area contributed by atoms with Gasteiger partial charge in [0.15, 0.2) is 6.10 Å². The van der Waals surface area contributed by atoms with Crippen LogP contribution < -0.4 is 0 Å². The lowest BCUT2D eigenvalue weighted by Gasteiger charge is -2.20. The van der Waals surface area contributed by atoms with E-state index in [-0.39, 0.29) is 19.4 Å². The van der Waals surface area contributed by atoms with E-state index in [1.165, 1.54) is 38.5 Å². The van der Waals surface area contributed by atoms with Gasteiger partial charge in [-0.1, -0.05) is 126 Å². The first kappa shape index (κ1) is 51.6. The maximum atomic E-state index is 12.6. The largest absolute Gasteiger partial charge is 0.472 e. The lowest BCUT2D eigenvalue weighted by Crippen LogP contribution is -2.29. The molecule has 1 saturated heterocycles. The Morgan fingerprint density at radius 2 is 1.16 bits per heavy atom. The van der Waals surface area contributed by atoms with Crippen LogP contribution >= 0.6 is 7.82 Å². The van der Waals surface area contributed by atoms with Crippen molar-refractivity contribution in [2.45, 2.75) is 180 Å². The standard InChI is InChI=1S/C44H75O11P/c1-3-5-7-8-9-10-11-12-13-14-15-19-22-25-29-33-43(47)51-37-40(38-53-56(49,50)52-36-39(46)35-45)54-44(48)34-30-26-23-20-17-16-18-21-24-28-32-42-41(55-42)31-27-6-4-2/h6,12-13,16,18,20,23-24,27-28,39-42,45-46H,3-5,7-11,14-15,17,19,21-22,25-26,29-38H2,1-2H3,(H,49,50). The molecule has 5 atom stereocenters. The molecule has 1 fully saturated rings. The summed E-state index contributed by atoms with van der Waals surface area (Å²) in [5.74, 6) is -1.01. The lowest BCUT2D eigenvalue weighted by atomic mass is 10.1. The average Bonchev–Trinajstić information content (AvgIpc) is 3.94. The highest BCUT2D eigenvalue weighted by molar-refractivity contribution is 7.47. The quantitative estimate of drug-likeness (QED) is 0.0179. The minimum Gasteiger partial charge on any atom is -0.462 e. The maximum absolute atomic E-state index is 12.6. The number of allylic oxidation sites excluding steroid dienone is 8. The molecule has 0 aliphatic carbocycles. The van der Waals surface area contributed by atoms with E-state index in [4.69, 9.17) is 23.8 Å². The molecule has 1 aliphatic heterocycles. The van der Waals surface area contributed by atoms with Crippen molar-refractivity contribution in [1.82, 2.24) is 0 Å². The first-order valence-electron chi connectivity index (χ1n) is 21.4. The topological polar surface area (TPSA) is 161 Å². The van der Waals surface area contributed by atoms with Crippen molar-refractivity contribution in [2.24, 2.45) is 0 Å². The molecule has 5 unspecified atom stereocenters. The number of carbonyl (C=O) groups is 2. The molecule has 0 spiro atoms. The number of aliphatic hydroxyl groups is 2. The van der Waals surface area contributed by atoms with E-state index in [2.05, 4.69) is 67.0 Å². The number of carbonyl (C=O) groups excluding carboxylic acids is 2. The Morgan fingerprint density at radius 1 is 0.643 bits per heavy atom. The molecular formula is C44H75O11P. The number of unbranched alkanes of at least 4 members (excludes halogenated alkanes) is 12. The SMILES string of the molecule is CCC=CCC1OC1CC=CCC=CCC=CCCCC(=O)OC(COC(=O)CCCCCCCC=CCCCCCCCC)COP(=O)(O)OCC(O)CO. The van der Waals surface area contributed by atoms with Crippen molar-refractivity contribution in [3.63, 3.8) is 0 Å². The summed E-state index contributed by atoms with van der Waals surface area (Å²) < 4.78 is 38.3. The molecule has 0 aromatic rings. The zero-order valence-electron chi connectivity index (χ0n) is 34.5. The van der Waals surface area contributed by atoms with Gasteiger partial charge in [-0.3, -0.25) is 18.6 Å². The van der Waals surface area contributed by atoms with Gasteiger partial charge < -0.3 is 29.3 Å². The molecule has 0 bridgehead atoms.